The molecule has 1 aliphatic heterocycles. The lowest BCUT2D eigenvalue weighted by molar-refractivity contribution is 0.192. The van der Waals surface area contributed by atoms with Gasteiger partial charge in [-0.3, -0.25) is 4.90 Å². The highest BCUT2D eigenvalue weighted by atomic mass is 15.3. The van der Waals surface area contributed by atoms with Gasteiger partial charge in [0.15, 0.2) is 0 Å². The van der Waals surface area contributed by atoms with E-state index >= 15 is 0 Å². The minimum absolute atomic E-state index is 0.196. The standard InChI is InChI=1S/C15H26N4/c1-4-17-15(2,3)13-18-9-11-19(12-10-18)14-7-5-6-8-16-14/h5-8,17H,4,9-13H2,1-3H3. The Morgan fingerprint density at radius 1 is 1.21 bits per heavy atom. The molecule has 0 unspecified atom stereocenters. The largest absolute Gasteiger partial charge is 0.354 e. The van der Waals surface area contributed by atoms with Gasteiger partial charge in [-0.1, -0.05) is 13.0 Å². The Morgan fingerprint density at radius 2 is 1.95 bits per heavy atom. The molecule has 1 saturated heterocycles. The van der Waals surface area contributed by atoms with Gasteiger partial charge in [-0.15, -0.1) is 0 Å². The zero-order valence-electron chi connectivity index (χ0n) is 12.4. The second-order valence-electron chi connectivity index (χ2n) is 5.87. The summed E-state index contributed by atoms with van der Waals surface area (Å²) in [4.78, 5) is 9.34. The molecule has 0 bridgehead atoms. The van der Waals surface area contributed by atoms with Crippen LogP contribution in [0.15, 0.2) is 24.4 Å². The van der Waals surface area contributed by atoms with Crippen LogP contribution in [0.1, 0.15) is 20.8 Å². The molecule has 0 atom stereocenters. The summed E-state index contributed by atoms with van der Waals surface area (Å²) in [5.74, 6) is 1.10. The summed E-state index contributed by atoms with van der Waals surface area (Å²) in [6.07, 6.45) is 1.87. The molecule has 4 nitrogen and oxygen atoms in total. The van der Waals surface area contributed by atoms with Crippen LogP contribution in [0.5, 0.6) is 0 Å². The number of rotatable bonds is 5. The van der Waals surface area contributed by atoms with E-state index in [1.165, 1.54) is 0 Å². The van der Waals surface area contributed by atoms with Crippen LogP contribution < -0.4 is 10.2 Å². The first-order valence-electron chi connectivity index (χ1n) is 7.24. The number of likely N-dealkylation sites (N-methyl/N-ethyl adjacent to an activating group) is 1. The molecule has 0 aliphatic carbocycles. The number of aromatic nitrogens is 1. The fourth-order valence-corrected chi connectivity index (χ4v) is 2.77. The van der Waals surface area contributed by atoms with Crippen molar-refractivity contribution in [2.75, 3.05) is 44.2 Å². The second-order valence-corrected chi connectivity index (χ2v) is 5.87. The summed E-state index contributed by atoms with van der Waals surface area (Å²) in [5.41, 5.74) is 0.196. The molecule has 2 rings (SSSR count). The van der Waals surface area contributed by atoms with Gasteiger partial charge >= 0.3 is 0 Å². The molecule has 4 heteroatoms. The maximum atomic E-state index is 4.43. The van der Waals surface area contributed by atoms with Gasteiger partial charge in [0.05, 0.1) is 0 Å². The average Bonchev–Trinajstić information content (AvgIpc) is 2.40. The summed E-state index contributed by atoms with van der Waals surface area (Å²) in [6.45, 7) is 13.2. The Kier molecular flexibility index (Phi) is 4.77. The van der Waals surface area contributed by atoms with Crippen molar-refractivity contribution in [2.45, 2.75) is 26.3 Å². The van der Waals surface area contributed by atoms with Gasteiger partial charge < -0.3 is 10.2 Å². The maximum Gasteiger partial charge on any atom is 0.128 e. The van der Waals surface area contributed by atoms with Gasteiger partial charge in [0.2, 0.25) is 0 Å². The van der Waals surface area contributed by atoms with Gasteiger partial charge in [0.1, 0.15) is 5.82 Å². The van der Waals surface area contributed by atoms with Crippen LogP contribution in [-0.2, 0) is 0 Å². The molecule has 1 aromatic rings. The normalized spacial score (nSPS) is 17.7. The number of nitrogens with zero attached hydrogens (tertiary/aromatic N) is 3. The van der Waals surface area contributed by atoms with E-state index in [1.54, 1.807) is 0 Å². The number of pyridine rings is 1. The summed E-state index contributed by atoms with van der Waals surface area (Å²) in [6, 6.07) is 6.12. The molecule has 0 amide bonds. The molecule has 0 spiro atoms. The maximum absolute atomic E-state index is 4.43. The minimum Gasteiger partial charge on any atom is -0.354 e. The fraction of sp³-hybridized carbons (Fsp3) is 0.667. The summed E-state index contributed by atoms with van der Waals surface area (Å²) in [7, 11) is 0. The molecule has 0 saturated carbocycles. The van der Waals surface area contributed by atoms with Crippen LogP contribution in [0, 0.1) is 0 Å². The zero-order valence-corrected chi connectivity index (χ0v) is 12.4. The Hall–Kier alpha value is -1.13. The van der Waals surface area contributed by atoms with Crippen LogP contribution in [0.3, 0.4) is 0 Å². The molecule has 0 aromatic carbocycles. The Morgan fingerprint density at radius 3 is 2.53 bits per heavy atom. The predicted molar refractivity (Wildman–Crippen MR) is 80.6 cm³/mol. The number of nitrogens with one attached hydrogen (secondary N) is 1. The lowest BCUT2D eigenvalue weighted by Gasteiger charge is -2.39. The summed E-state index contributed by atoms with van der Waals surface area (Å²) >= 11 is 0. The van der Waals surface area contributed by atoms with E-state index in [0.29, 0.717) is 0 Å². The van der Waals surface area contributed by atoms with E-state index < -0.39 is 0 Å². The topological polar surface area (TPSA) is 31.4 Å². The highest BCUT2D eigenvalue weighted by Crippen LogP contribution is 2.14. The average molecular weight is 262 g/mol. The van der Waals surface area contributed by atoms with Crippen molar-refractivity contribution in [2.24, 2.45) is 0 Å². The number of piperazine rings is 1. The quantitative estimate of drug-likeness (QED) is 0.873. The van der Waals surface area contributed by atoms with Gasteiger partial charge in [-0.05, 0) is 32.5 Å². The Bertz CT molecular complexity index is 369. The fourth-order valence-electron chi connectivity index (χ4n) is 2.77. The molecule has 106 valence electrons. The third kappa shape index (κ3) is 4.18. The van der Waals surface area contributed by atoms with Crippen molar-refractivity contribution >= 4 is 5.82 Å². The number of hydrogen-bond donors (Lipinski definition) is 1. The van der Waals surface area contributed by atoms with Gasteiger partial charge in [-0.2, -0.15) is 0 Å². The number of hydrogen-bond acceptors (Lipinski definition) is 4. The monoisotopic (exact) mass is 262 g/mol. The van der Waals surface area contributed by atoms with Crippen molar-refractivity contribution in [1.82, 2.24) is 15.2 Å². The molecule has 2 heterocycles. The number of anilines is 1. The molecule has 1 aliphatic rings. The molecular formula is C15H26N4. The van der Waals surface area contributed by atoms with E-state index in [1.807, 2.05) is 12.3 Å². The van der Waals surface area contributed by atoms with E-state index in [0.717, 1.165) is 45.1 Å². The zero-order chi connectivity index (χ0) is 13.7. The highest BCUT2D eigenvalue weighted by molar-refractivity contribution is 5.38. The Balaban J connectivity index is 1.83. The molecule has 1 aromatic heterocycles. The van der Waals surface area contributed by atoms with Crippen molar-refractivity contribution in [3.63, 3.8) is 0 Å². The SMILES string of the molecule is CCNC(C)(C)CN1CCN(c2ccccn2)CC1. The van der Waals surface area contributed by atoms with Crippen molar-refractivity contribution in [3.8, 4) is 0 Å². The van der Waals surface area contributed by atoms with Gasteiger partial charge in [-0.25, -0.2) is 4.98 Å². The van der Waals surface area contributed by atoms with E-state index in [4.69, 9.17) is 0 Å². The molecule has 19 heavy (non-hydrogen) atoms. The van der Waals surface area contributed by atoms with Crippen LogP contribution in [0.25, 0.3) is 0 Å². The van der Waals surface area contributed by atoms with Crippen LogP contribution in [0.4, 0.5) is 5.82 Å². The third-order valence-corrected chi connectivity index (χ3v) is 3.62. The smallest absolute Gasteiger partial charge is 0.128 e. The third-order valence-electron chi connectivity index (χ3n) is 3.62. The molecule has 1 N–H and O–H groups in total. The van der Waals surface area contributed by atoms with Crippen molar-refractivity contribution in [1.29, 1.82) is 0 Å². The minimum atomic E-state index is 0.196. The molecule has 0 radical (unpaired) electrons. The van der Waals surface area contributed by atoms with E-state index in [9.17, 15) is 0 Å². The summed E-state index contributed by atoms with van der Waals surface area (Å²) < 4.78 is 0. The first kappa shape index (κ1) is 14.3. The van der Waals surface area contributed by atoms with Crippen LogP contribution >= 0.6 is 0 Å². The Labute approximate surface area is 116 Å². The van der Waals surface area contributed by atoms with E-state index in [2.05, 4.69) is 53.0 Å². The van der Waals surface area contributed by atoms with Crippen LogP contribution in [-0.4, -0.2) is 54.7 Å². The van der Waals surface area contributed by atoms with Gasteiger partial charge in [0.25, 0.3) is 0 Å². The molecule has 1 fully saturated rings. The van der Waals surface area contributed by atoms with Crippen molar-refractivity contribution < 1.29 is 0 Å². The molecular weight excluding hydrogens is 236 g/mol. The second kappa shape index (κ2) is 6.35. The first-order chi connectivity index (χ1) is 9.11. The lowest BCUT2D eigenvalue weighted by Crippen LogP contribution is -2.54. The van der Waals surface area contributed by atoms with Crippen molar-refractivity contribution in [3.05, 3.63) is 24.4 Å². The summed E-state index contributed by atoms with van der Waals surface area (Å²) in [5, 5.41) is 3.54. The lowest BCUT2D eigenvalue weighted by atomic mass is 10.0. The predicted octanol–water partition coefficient (Wildman–Crippen LogP) is 1.59. The van der Waals surface area contributed by atoms with Crippen LogP contribution in [0.2, 0.25) is 0 Å². The first-order valence-corrected chi connectivity index (χ1v) is 7.24. The van der Waals surface area contributed by atoms with Gasteiger partial charge in [0, 0.05) is 44.5 Å². The van der Waals surface area contributed by atoms with E-state index in [-0.39, 0.29) is 5.54 Å². The highest BCUT2D eigenvalue weighted by Gasteiger charge is 2.24.